The molecule has 0 spiro atoms. The number of rotatable bonds is 8. The zero-order valence-electron chi connectivity index (χ0n) is 23.2. The van der Waals surface area contributed by atoms with Crippen LogP contribution in [0.4, 0.5) is 32.0 Å². The topological polar surface area (TPSA) is 76.1 Å². The lowest BCUT2D eigenvalue weighted by Crippen LogP contribution is -2.54. The van der Waals surface area contributed by atoms with Crippen LogP contribution in [0.25, 0.3) is 0 Å². The van der Waals surface area contributed by atoms with Crippen LogP contribution in [0.5, 0.6) is 5.75 Å². The van der Waals surface area contributed by atoms with E-state index in [1.54, 1.807) is 49.4 Å². The second-order valence-corrected chi connectivity index (χ2v) is 10.3. The van der Waals surface area contributed by atoms with E-state index in [-0.39, 0.29) is 43.0 Å². The normalized spacial score (nSPS) is 16.7. The third-order valence-electron chi connectivity index (χ3n) is 7.42. The second-order valence-electron chi connectivity index (χ2n) is 10.3. The van der Waals surface area contributed by atoms with Crippen molar-refractivity contribution in [3.05, 3.63) is 95.1 Å². The number of aryl methyl sites for hydroxylation is 1. The number of Topliss-reactive ketones (excluding diaryl/α,β-unsaturated/α-hetero) is 1. The number of benzene rings is 3. The minimum Gasteiger partial charge on any atom is -0.489 e. The molecule has 1 N–H and O–H groups in total. The van der Waals surface area contributed by atoms with Crippen LogP contribution in [0.1, 0.15) is 46.3 Å². The monoisotopic (exact) mass is 609 g/mol. The maximum absolute atomic E-state index is 13.8. The van der Waals surface area contributed by atoms with Crippen LogP contribution in [0.2, 0.25) is 0 Å². The van der Waals surface area contributed by atoms with E-state index in [1.165, 1.54) is 24.1 Å². The van der Waals surface area contributed by atoms with E-state index >= 15 is 0 Å². The van der Waals surface area contributed by atoms with E-state index in [1.807, 2.05) is 0 Å². The highest BCUT2D eigenvalue weighted by molar-refractivity contribution is 5.99. The summed E-state index contributed by atoms with van der Waals surface area (Å²) in [6.45, 7) is 1.47. The molecule has 1 aliphatic rings. The molecular formula is C31H29F6NO5. The van der Waals surface area contributed by atoms with Gasteiger partial charge in [0.05, 0.1) is 12.5 Å². The van der Waals surface area contributed by atoms with Gasteiger partial charge in [0.1, 0.15) is 18.5 Å². The molecule has 1 amide bonds. The Balaban J connectivity index is 1.71. The van der Waals surface area contributed by atoms with Crippen LogP contribution in [0.15, 0.2) is 72.8 Å². The van der Waals surface area contributed by atoms with Crippen molar-refractivity contribution >= 4 is 17.4 Å². The van der Waals surface area contributed by atoms with Gasteiger partial charge in [0.15, 0.2) is 5.78 Å². The molecule has 0 fully saturated rings. The molecule has 1 aliphatic heterocycles. The van der Waals surface area contributed by atoms with Crippen molar-refractivity contribution in [3.63, 3.8) is 0 Å². The first-order chi connectivity index (χ1) is 20.2. The molecule has 3 aromatic rings. The third-order valence-corrected chi connectivity index (χ3v) is 7.42. The highest BCUT2D eigenvalue weighted by Gasteiger charge is 2.71. The average Bonchev–Trinajstić information content (AvgIpc) is 3.14. The van der Waals surface area contributed by atoms with Crippen LogP contribution in [0, 0.1) is 0 Å². The number of anilines is 1. The number of ketones is 1. The van der Waals surface area contributed by atoms with Gasteiger partial charge >= 0.3 is 12.4 Å². The first kappa shape index (κ1) is 32.0. The van der Waals surface area contributed by atoms with Crippen molar-refractivity contribution in [2.24, 2.45) is 0 Å². The summed E-state index contributed by atoms with van der Waals surface area (Å²) >= 11 is 0. The summed E-state index contributed by atoms with van der Waals surface area (Å²) in [6, 6.07) is 17.1. The molecule has 1 heterocycles. The largest absolute Gasteiger partial charge is 0.489 e. The van der Waals surface area contributed by atoms with Gasteiger partial charge in [-0.25, -0.2) is 0 Å². The molecule has 43 heavy (non-hydrogen) atoms. The summed E-state index contributed by atoms with van der Waals surface area (Å²) in [7, 11) is 1.39. The average molecular weight is 610 g/mol. The predicted octanol–water partition coefficient (Wildman–Crippen LogP) is 6.36. The molecule has 0 bridgehead atoms. The van der Waals surface area contributed by atoms with Gasteiger partial charge in [-0.3, -0.25) is 9.59 Å². The molecule has 3 aromatic carbocycles. The van der Waals surface area contributed by atoms with Gasteiger partial charge in [0, 0.05) is 23.9 Å². The van der Waals surface area contributed by atoms with Crippen molar-refractivity contribution in [1.29, 1.82) is 0 Å². The molecule has 12 heteroatoms. The van der Waals surface area contributed by atoms with Gasteiger partial charge in [-0.1, -0.05) is 42.5 Å². The van der Waals surface area contributed by atoms with Gasteiger partial charge in [-0.15, -0.1) is 0 Å². The van der Waals surface area contributed by atoms with Crippen LogP contribution in [-0.4, -0.2) is 55.5 Å². The number of fused-ring (bicyclic) bond motifs is 1. The van der Waals surface area contributed by atoms with Crippen molar-refractivity contribution in [2.45, 2.75) is 49.7 Å². The lowest BCUT2D eigenvalue weighted by Gasteiger charge is -2.34. The van der Waals surface area contributed by atoms with Crippen molar-refractivity contribution in [2.75, 3.05) is 25.2 Å². The zero-order valence-corrected chi connectivity index (χ0v) is 23.2. The highest BCUT2D eigenvalue weighted by Crippen LogP contribution is 2.51. The SMILES string of the molecule is COCC(=O)c1ccc(O[C@H]2CCc3cc(C(O)(C(F)(F)F)C(F)(F)F)ccc3N(C(=O)[C@@H](C)c3ccccc3)C2)cc1. The Morgan fingerprint density at radius 3 is 2.16 bits per heavy atom. The Hall–Kier alpha value is -3.90. The summed E-state index contributed by atoms with van der Waals surface area (Å²) < 4.78 is 92.8. The third kappa shape index (κ3) is 6.54. The van der Waals surface area contributed by atoms with E-state index in [9.17, 15) is 41.0 Å². The number of alkyl halides is 6. The summed E-state index contributed by atoms with van der Waals surface area (Å²) in [5.41, 5.74) is -5.33. The summed E-state index contributed by atoms with van der Waals surface area (Å²) in [4.78, 5) is 27.2. The molecule has 4 rings (SSSR count). The Morgan fingerprint density at radius 1 is 0.953 bits per heavy atom. The summed E-state index contributed by atoms with van der Waals surface area (Å²) in [5.74, 6) is -1.06. The summed E-state index contributed by atoms with van der Waals surface area (Å²) in [5, 5.41) is 9.99. The molecule has 0 unspecified atom stereocenters. The van der Waals surface area contributed by atoms with Gasteiger partial charge in [0.2, 0.25) is 5.91 Å². The van der Waals surface area contributed by atoms with Crippen molar-refractivity contribution in [3.8, 4) is 5.75 Å². The lowest BCUT2D eigenvalue weighted by molar-refractivity contribution is -0.376. The highest BCUT2D eigenvalue weighted by atomic mass is 19.4. The Bertz CT molecular complexity index is 1430. The number of hydrogen-bond donors (Lipinski definition) is 1. The standard InChI is InChI=1S/C31H29F6NO5/c1-19(20-6-4-3-5-7-20)28(40)38-17-25(43-24-12-8-21(9-13-24)27(39)18-42-2)14-10-22-16-23(11-15-26(22)38)29(41,30(32,33)34)31(35,36)37/h3-9,11-13,15-16,19,25,41H,10,14,17-18H2,1-2H3/t19-,25-/m0/s1. The fraction of sp³-hybridized carbons (Fsp3) is 0.355. The molecule has 0 radical (unpaired) electrons. The number of halogens is 6. The lowest BCUT2D eigenvalue weighted by atomic mass is 9.89. The maximum atomic E-state index is 13.8. The molecule has 0 saturated carbocycles. The minimum absolute atomic E-state index is 0.0182. The van der Waals surface area contributed by atoms with E-state index in [0.717, 1.165) is 6.07 Å². The number of carbonyl (C=O) groups excluding carboxylic acids is 2. The number of ether oxygens (including phenoxy) is 2. The first-order valence-electron chi connectivity index (χ1n) is 13.3. The van der Waals surface area contributed by atoms with Gasteiger partial charge < -0.3 is 19.5 Å². The Labute approximate surface area is 243 Å². The van der Waals surface area contributed by atoms with Crippen LogP contribution < -0.4 is 9.64 Å². The van der Waals surface area contributed by atoms with E-state index in [2.05, 4.69) is 0 Å². The number of carbonyl (C=O) groups is 2. The van der Waals surface area contributed by atoms with Crippen LogP contribution in [0.3, 0.4) is 0 Å². The second kappa shape index (κ2) is 12.4. The molecule has 0 aromatic heterocycles. The minimum atomic E-state index is -6.05. The van der Waals surface area contributed by atoms with E-state index in [0.29, 0.717) is 29.0 Å². The van der Waals surface area contributed by atoms with Gasteiger partial charge in [-0.05, 0) is 61.2 Å². The molecular weight excluding hydrogens is 580 g/mol. The van der Waals surface area contributed by atoms with Gasteiger partial charge in [-0.2, -0.15) is 26.3 Å². The first-order valence-corrected chi connectivity index (χ1v) is 13.3. The number of hydrogen-bond acceptors (Lipinski definition) is 5. The summed E-state index contributed by atoms with van der Waals surface area (Å²) in [6.07, 6.45) is -12.7. The molecule has 6 nitrogen and oxygen atoms in total. The maximum Gasteiger partial charge on any atom is 0.430 e. The molecule has 2 atom stereocenters. The van der Waals surface area contributed by atoms with Crippen LogP contribution >= 0.6 is 0 Å². The fourth-order valence-corrected chi connectivity index (χ4v) is 5.02. The van der Waals surface area contributed by atoms with Crippen LogP contribution in [-0.2, 0) is 21.6 Å². The predicted molar refractivity (Wildman–Crippen MR) is 145 cm³/mol. The molecule has 0 aliphatic carbocycles. The smallest absolute Gasteiger partial charge is 0.430 e. The Morgan fingerprint density at radius 2 is 1.58 bits per heavy atom. The zero-order chi connectivity index (χ0) is 31.6. The molecule has 0 saturated heterocycles. The molecule has 230 valence electrons. The van der Waals surface area contributed by atoms with Crippen molar-refractivity contribution in [1.82, 2.24) is 0 Å². The number of aliphatic hydroxyl groups is 1. The number of methoxy groups -OCH3 is 1. The Kier molecular flexibility index (Phi) is 9.22. The quantitative estimate of drug-likeness (QED) is 0.238. The van der Waals surface area contributed by atoms with E-state index in [4.69, 9.17) is 9.47 Å². The van der Waals surface area contributed by atoms with Gasteiger partial charge in [0.25, 0.3) is 5.60 Å². The van der Waals surface area contributed by atoms with Crippen molar-refractivity contribution < 1.29 is 50.5 Å². The number of nitrogens with zero attached hydrogens (tertiary/aromatic N) is 1. The fourth-order valence-electron chi connectivity index (χ4n) is 5.02. The number of amides is 1. The van der Waals surface area contributed by atoms with E-state index < -0.39 is 41.4 Å².